The molecule has 18 aromatic carbocycles. The summed E-state index contributed by atoms with van der Waals surface area (Å²) in [7, 11) is 0. The van der Waals surface area contributed by atoms with Crippen molar-refractivity contribution in [2.24, 2.45) is 0 Å². The Labute approximate surface area is 587 Å². The molecule has 0 saturated heterocycles. The highest BCUT2D eigenvalue weighted by Crippen LogP contribution is 2.49. The van der Waals surface area contributed by atoms with Crippen molar-refractivity contribution >= 4 is 130 Å². The van der Waals surface area contributed by atoms with Gasteiger partial charge in [0, 0.05) is 32.9 Å². The molecule has 101 heavy (non-hydrogen) atoms. The Hall–Kier alpha value is -12.4. The lowest BCUT2D eigenvalue weighted by molar-refractivity contribution is 0.590. The predicted molar refractivity (Wildman–Crippen MR) is 436 cm³/mol. The van der Waals surface area contributed by atoms with Crippen LogP contribution < -0.4 is 0 Å². The zero-order valence-corrected chi connectivity index (χ0v) is 57.6. The van der Waals surface area contributed by atoms with Gasteiger partial charge in [0.15, 0.2) is 0 Å². The maximum absolute atomic E-state index is 2.45. The molecule has 2 heteroatoms. The summed E-state index contributed by atoms with van der Waals surface area (Å²) in [5, 5.41) is 25.7. The van der Waals surface area contributed by atoms with Crippen molar-refractivity contribution in [1.82, 2.24) is 9.13 Å². The number of hydrogen-bond donors (Lipinski definition) is 0. The van der Waals surface area contributed by atoms with Crippen molar-refractivity contribution < 1.29 is 0 Å². The molecule has 0 amide bonds. The molecule has 478 valence electrons. The molecule has 0 aliphatic carbocycles. The van der Waals surface area contributed by atoms with Gasteiger partial charge in [0.1, 0.15) is 0 Å². The summed E-state index contributed by atoms with van der Waals surface area (Å²) in [6, 6.07) is 122. The number of rotatable bonds is 6. The minimum absolute atomic E-state index is 0.111. The molecule has 0 radical (unpaired) electrons. The molecule has 0 spiro atoms. The molecule has 2 nitrogen and oxygen atoms in total. The predicted octanol–water partition coefficient (Wildman–Crippen LogP) is 27.7. The van der Waals surface area contributed by atoms with Crippen LogP contribution in [-0.2, 0) is 5.41 Å². The van der Waals surface area contributed by atoms with Crippen LogP contribution in [-0.4, -0.2) is 9.13 Å². The number of aromatic nitrogens is 2. The van der Waals surface area contributed by atoms with Crippen LogP contribution >= 0.6 is 0 Å². The van der Waals surface area contributed by atoms with E-state index in [0.717, 1.165) is 11.4 Å². The maximum Gasteiger partial charge on any atom is 0.0547 e. The van der Waals surface area contributed by atoms with Gasteiger partial charge >= 0.3 is 0 Å². The minimum atomic E-state index is 0.111. The number of aryl methyl sites for hydroxylation is 3. The third-order valence-electron chi connectivity index (χ3n) is 21.7. The van der Waals surface area contributed by atoms with Gasteiger partial charge in [0.25, 0.3) is 0 Å². The molecule has 0 N–H and O–H groups in total. The molecule has 0 saturated carbocycles. The zero-order valence-electron chi connectivity index (χ0n) is 57.6. The summed E-state index contributed by atoms with van der Waals surface area (Å²) in [6.45, 7) is 13.5. The Morgan fingerprint density at radius 1 is 0.218 bits per heavy atom. The number of hydrogen-bond acceptors (Lipinski definition) is 0. The van der Waals surface area contributed by atoms with E-state index in [4.69, 9.17) is 0 Å². The fraction of sp³-hybridized carbons (Fsp3) is 0.0707. The average Bonchev–Trinajstić information content (AvgIpc) is 1.67. The third kappa shape index (κ3) is 9.53. The smallest absolute Gasteiger partial charge is 0.0547 e. The van der Waals surface area contributed by atoms with Gasteiger partial charge in [0.05, 0.1) is 22.1 Å². The van der Waals surface area contributed by atoms with Crippen LogP contribution in [0.2, 0.25) is 0 Å². The van der Waals surface area contributed by atoms with Crippen molar-refractivity contribution in [2.45, 2.75) is 47.0 Å². The quantitative estimate of drug-likeness (QED) is 0.147. The number of nitrogens with zero attached hydrogens (tertiary/aromatic N) is 2. The van der Waals surface area contributed by atoms with Gasteiger partial charge in [-0.2, -0.15) is 0 Å². The Kier molecular flexibility index (Phi) is 13.9. The van der Waals surface area contributed by atoms with Crippen molar-refractivity contribution in [1.29, 1.82) is 0 Å². The van der Waals surface area contributed by atoms with Crippen molar-refractivity contribution in [2.75, 3.05) is 0 Å². The molecule has 20 rings (SSSR count). The van der Waals surface area contributed by atoms with Crippen LogP contribution in [0.5, 0.6) is 0 Å². The lowest BCUT2D eigenvalue weighted by Crippen LogP contribution is -2.10. The highest BCUT2D eigenvalue weighted by atomic mass is 15.0. The highest BCUT2D eigenvalue weighted by molar-refractivity contribution is 6.31. The van der Waals surface area contributed by atoms with Gasteiger partial charge in [-0.25, -0.2) is 0 Å². The van der Waals surface area contributed by atoms with Crippen LogP contribution in [0.15, 0.2) is 328 Å². The average molecular weight is 1290 g/mol. The summed E-state index contributed by atoms with van der Waals surface area (Å²) in [4.78, 5) is 0. The first-order valence-corrected chi connectivity index (χ1v) is 35.5. The molecule has 2 heterocycles. The topological polar surface area (TPSA) is 9.86 Å². The van der Waals surface area contributed by atoms with Crippen LogP contribution in [0.4, 0.5) is 0 Å². The van der Waals surface area contributed by atoms with E-state index in [1.165, 1.54) is 197 Å². The standard InChI is InChI=1S/C50H37N.C49H35N/c1-50(2,3)36-26-20-34(21-27-36)46-40-16-8-10-18-42(40)47(43-19-11-9-17-41(43)46)35-22-28-37(29-23-35)51-44-30-24-32-12-4-6-14-38(32)48(44)49-39-15-7-5-13-33(39)25-31-45(49)51;1-30-28-31(2)45(32(3)29-30)47-41-18-10-8-16-39(41)46(40-17-9-11-19-42(40)47)35-20-24-36(25-21-35)50-43-26-22-33-12-4-6-14-37(33)48(43)49-38-15-7-5-13-34(38)23-27-44(49)50/h4-31H,1-3H3;4-29H,1-3H3. The molecule has 0 bridgehead atoms. The van der Waals surface area contributed by atoms with E-state index in [-0.39, 0.29) is 5.41 Å². The van der Waals surface area contributed by atoms with Crippen LogP contribution in [0.25, 0.3) is 186 Å². The van der Waals surface area contributed by atoms with Gasteiger partial charge in [-0.15, -0.1) is 0 Å². The Balaban J connectivity index is 0.000000140. The third-order valence-corrected chi connectivity index (χ3v) is 21.7. The molecule has 0 fully saturated rings. The maximum atomic E-state index is 2.45. The molecule has 0 atom stereocenters. The van der Waals surface area contributed by atoms with Gasteiger partial charge < -0.3 is 9.13 Å². The summed E-state index contributed by atoms with van der Waals surface area (Å²) in [5.41, 5.74) is 22.9. The monoisotopic (exact) mass is 1290 g/mol. The summed E-state index contributed by atoms with van der Waals surface area (Å²) in [6.07, 6.45) is 0. The fourth-order valence-electron chi connectivity index (χ4n) is 17.4. The van der Waals surface area contributed by atoms with Gasteiger partial charge in [-0.05, 0) is 222 Å². The molecular formula is C99H72N2. The van der Waals surface area contributed by atoms with Crippen LogP contribution in [0, 0.1) is 20.8 Å². The lowest BCUT2D eigenvalue weighted by Gasteiger charge is -2.21. The van der Waals surface area contributed by atoms with E-state index in [1.54, 1.807) is 0 Å². The van der Waals surface area contributed by atoms with E-state index < -0.39 is 0 Å². The van der Waals surface area contributed by atoms with Crippen LogP contribution in [0.3, 0.4) is 0 Å². The zero-order chi connectivity index (χ0) is 67.8. The summed E-state index contributed by atoms with van der Waals surface area (Å²) < 4.78 is 4.91. The molecule has 0 aliphatic rings. The largest absolute Gasteiger partial charge is 0.309 e. The van der Waals surface area contributed by atoms with Gasteiger partial charge in [0.2, 0.25) is 0 Å². The minimum Gasteiger partial charge on any atom is -0.309 e. The molecular weight excluding hydrogens is 1220 g/mol. The lowest BCUT2D eigenvalue weighted by atomic mass is 9.83. The molecule has 20 aromatic rings. The first kappa shape index (κ1) is 59.9. The summed E-state index contributed by atoms with van der Waals surface area (Å²) in [5.74, 6) is 0. The van der Waals surface area contributed by atoms with E-state index >= 15 is 0 Å². The molecule has 0 aliphatic heterocycles. The Bertz CT molecular complexity index is 6470. The second-order valence-electron chi connectivity index (χ2n) is 28.8. The van der Waals surface area contributed by atoms with E-state index in [1.807, 2.05) is 0 Å². The van der Waals surface area contributed by atoms with E-state index in [9.17, 15) is 0 Å². The molecule has 0 unspecified atom stereocenters. The van der Waals surface area contributed by atoms with E-state index in [2.05, 4.69) is 378 Å². The second kappa shape index (κ2) is 23.4. The van der Waals surface area contributed by atoms with Crippen molar-refractivity contribution in [3.05, 3.63) is 350 Å². The van der Waals surface area contributed by atoms with Crippen molar-refractivity contribution in [3.63, 3.8) is 0 Å². The Morgan fingerprint density at radius 2 is 0.455 bits per heavy atom. The van der Waals surface area contributed by atoms with E-state index in [0.29, 0.717) is 0 Å². The number of fused-ring (bicyclic) bond motifs is 18. The second-order valence-corrected chi connectivity index (χ2v) is 28.8. The van der Waals surface area contributed by atoms with Gasteiger partial charge in [-0.1, -0.05) is 305 Å². The highest BCUT2D eigenvalue weighted by Gasteiger charge is 2.24. The van der Waals surface area contributed by atoms with Gasteiger partial charge in [-0.3, -0.25) is 0 Å². The summed E-state index contributed by atoms with van der Waals surface area (Å²) >= 11 is 0. The fourth-order valence-corrected chi connectivity index (χ4v) is 17.4. The first-order chi connectivity index (χ1) is 49.5. The number of benzene rings is 18. The Morgan fingerprint density at radius 3 is 0.723 bits per heavy atom. The molecule has 2 aromatic heterocycles. The first-order valence-electron chi connectivity index (χ1n) is 35.5. The van der Waals surface area contributed by atoms with Crippen LogP contribution in [0.1, 0.15) is 43.0 Å². The SMILES string of the molecule is CC(C)(C)c1ccc(-c2c3ccccc3c(-c3ccc(-n4c5ccc6ccccc6c5c5c6ccccc6ccc54)cc3)c3ccccc23)cc1.Cc1cc(C)c(-c2c3ccccc3c(-c3ccc(-n4c5ccc6ccccc6c5c5c6ccccc6ccc54)cc3)c3ccccc23)c(C)c1. The van der Waals surface area contributed by atoms with Crippen molar-refractivity contribution in [3.8, 4) is 55.9 Å². The normalized spacial score (nSPS) is 12.1.